The van der Waals surface area contributed by atoms with E-state index in [9.17, 15) is 14.7 Å². The Morgan fingerprint density at radius 3 is 2.26 bits per heavy atom. The fourth-order valence-corrected chi connectivity index (χ4v) is 2.21. The number of rotatable bonds is 2. The Hall–Kier alpha value is -2.04. The van der Waals surface area contributed by atoms with Crippen molar-refractivity contribution in [2.45, 2.75) is 13.3 Å². The zero-order chi connectivity index (χ0) is 13.8. The zero-order valence-electron chi connectivity index (χ0n) is 11.0. The van der Waals surface area contributed by atoms with Crippen molar-refractivity contribution in [3.63, 3.8) is 0 Å². The summed E-state index contributed by atoms with van der Waals surface area (Å²) in [6.07, 6.45) is 0.201. The molecule has 1 aliphatic heterocycles. The van der Waals surface area contributed by atoms with Gasteiger partial charge in [-0.25, -0.2) is 0 Å². The summed E-state index contributed by atoms with van der Waals surface area (Å²) in [6.45, 7) is 3.83. The smallest absolute Gasteiger partial charge is 0.227 e. The number of phenolic OH excluding ortho intramolecular Hbond substituents is 1. The number of nitrogens with zero attached hydrogens (tertiary/aromatic N) is 2. The lowest BCUT2D eigenvalue weighted by Gasteiger charge is -2.34. The normalized spacial score (nSPS) is 15.4. The monoisotopic (exact) mass is 262 g/mol. The Balaban J connectivity index is 1.92. The van der Waals surface area contributed by atoms with Crippen LogP contribution in [0.1, 0.15) is 12.5 Å². The molecule has 5 nitrogen and oxygen atoms in total. The highest BCUT2D eigenvalue weighted by molar-refractivity contribution is 5.80. The first-order valence-electron chi connectivity index (χ1n) is 6.38. The minimum atomic E-state index is -0.00954. The fraction of sp³-hybridized carbons (Fsp3) is 0.429. The van der Waals surface area contributed by atoms with Crippen LogP contribution in [0, 0.1) is 0 Å². The van der Waals surface area contributed by atoms with Crippen molar-refractivity contribution in [1.82, 2.24) is 9.80 Å². The van der Waals surface area contributed by atoms with Gasteiger partial charge in [-0.1, -0.05) is 18.2 Å². The molecule has 2 rings (SSSR count). The minimum absolute atomic E-state index is 0.00954. The lowest BCUT2D eigenvalue weighted by molar-refractivity contribution is -0.138. The Labute approximate surface area is 112 Å². The van der Waals surface area contributed by atoms with E-state index in [0.717, 1.165) is 0 Å². The first kappa shape index (κ1) is 13.4. The molecule has 1 saturated heterocycles. The molecule has 0 unspecified atom stereocenters. The first-order chi connectivity index (χ1) is 9.08. The summed E-state index contributed by atoms with van der Waals surface area (Å²) in [6, 6.07) is 6.86. The standard InChI is InChI=1S/C14H18N2O3/c1-11(17)15-6-8-16(9-7-15)14(19)10-12-4-2-3-5-13(12)18/h2-5,18H,6-10H2,1H3. The topological polar surface area (TPSA) is 60.9 Å². The molecule has 0 spiro atoms. The van der Waals surface area contributed by atoms with Gasteiger partial charge in [-0.2, -0.15) is 0 Å². The van der Waals surface area contributed by atoms with Crippen LogP contribution in [0.4, 0.5) is 0 Å². The molecule has 1 fully saturated rings. The average Bonchev–Trinajstić information content (AvgIpc) is 2.41. The predicted molar refractivity (Wildman–Crippen MR) is 70.6 cm³/mol. The van der Waals surface area contributed by atoms with Gasteiger partial charge >= 0.3 is 0 Å². The van der Waals surface area contributed by atoms with E-state index < -0.39 is 0 Å². The summed E-state index contributed by atoms with van der Waals surface area (Å²) in [7, 11) is 0. The van der Waals surface area contributed by atoms with Gasteiger partial charge in [-0.05, 0) is 6.07 Å². The first-order valence-corrected chi connectivity index (χ1v) is 6.38. The van der Waals surface area contributed by atoms with Gasteiger partial charge in [0, 0.05) is 38.7 Å². The van der Waals surface area contributed by atoms with Gasteiger partial charge in [0.15, 0.2) is 0 Å². The maximum Gasteiger partial charge on any atom is 0.227 e. The molecule has 0 aromatic heterocycles. The van der Waals surface area contributed by atoms with Crippen molar-refractivity contribution in [3.05, 3.63) is 29.8 Å². The molecule has 0 atom stereocenters. The summed E-state index contributed by atoms with van der Waals surface area (Å²) < 4.78 is 0. The van der Waals surface area contributed by atoms with Crippen molar-refractivity contribution in [1.29, 1.82) is 0 Å². The van der Waals surface area contributed by atoms with Crippen LogP contribution in [0.5, 0.6) is 5.75 Å². The third-order valence-corrected chi connectivity index (χ3v) is 3.41. The maximum atomic E-state index is 12.1. The lowest BCUT2D eigenvalue weighted by Crippen LogP contribution is -2.50. The number of hydrogen-bond acceptors (Lipinski definition) is 3. The van der Waals surface area contributed by atoms with Crippen LogP contribution in [-0.2, 0) is 16.0 Å². The molecule has 0 bridgehead atoms. The summed E-state index contributed by atoms with van der Waals surface area (Å²) in [5, 5.41) is 9.65. The van der Waals surface area contributed by atoms with Crippen LogP contribution in [0.2, 0.25) is 0 Å². The van der Waals surface area contributed by atoms with E-state index in [-0.39, 0.29) is 24.0 Å². The van der Waals surface area contributed by atoms with Crippen molar-refractivity contribution in [2.24, 2.45) is 0 Å². The van der Waals surface area contributed by atoms with Crippen LogP contribution in [-0.4, -0.2) is 52.9 Å². The molecule has 1 aliphatic rings. The van der Waals surface area contributed by atoms with Crippen LogP contribution >= 0.6 is 0 Å². The summed E-state index contributed by atoms with van der Waals surface area (Å²) in [5.74, 6) is 0.190. The van der Waals surface area contributed by atoms with Crippen LogP contribution in [0.25, 0.3) is 0 Å². The largest absolute Gasteiger partial charge is 0.508 e. The van der Waals surface area contributed by atoms with Crippen LogP contribution < -0.4 is 0 Å². The molecule has 0 saturated carbocycles. The summed E-state index contributed by atoms with van der Waals surface area (Å²) >= 11 is 0. The van der Waals surface area contributed by atoms with E-state index in [1.54, 1.807) is 41.0 Å². The Bertz CT molecular complexity index is 479. The van der Waals surface area contributed by atoms with Gasteiger partial charge in [0.2, 0.25) is 11.8 Å². The highest BCUT2D eigenvalue weighted by atomic mass is 16.3. The summed E-state index contributed by atoms with van der Waals surface area (Å²) in [5.41, 5.74) is 0.640. The second-order valence-electron chi connectivity index (χ2n) is 4.69. The molecule has 1 heterocycles. The van der Waals surface area contributed by atoms with Crippen LogP contribution in [0.15, 0.2) is 24.3 Å². The second-order valence-corrected chi connectivity index (χ2v) is 4.69. The molecule has 1 aromatic carbocycles. The van der Waals surface area contributed by atoms with E-state index in [1.807, 2.05) is 0 Å². The number of para-hydroxylation sites is 1. The number of hydrogen-bond donors (Lipinski definition) is 1. The molecule has 0 aliphatic carbocycles. The zero-order valence-corrected chi connectivity index (χ0v) is 11.0. The lowest BCUT2D eigenvalue weighted by atomic mass is 10.1. The number of carbonyl (C=O) groups excluding carboxylic acids is 2. The maximum absolute atomic E-state index is 12.1. The Morgan fingerprint density at radius 1 is 1.11 bits per heavy atom. The molecular weight excluding hydrogens is 244 g/mol. The highest BCUT2D eigenvalue weighted by Gasteiger charge is 2.22. The Kier molecular flexibility index (Phi) is 4.04. The molecule has 1 aromatic rings. The number of aromatic hydroxyl groups is 1. The number of piperazine rings is 1. The third kappa shape index (κ3) is 3.24. The van der Waals surface area contributed by atoms with E-state index in [0.29, 0.717) is 31.7 Å². The molecule has 19 heavy (non-hydrogen) atoms. The number of phenols is 1. The van der Waals surface area contributed by atoms with Gasteiger partial charge in [0.1, 0.15) is 5.75 Å². The average molecular weight is 262 g/mol. The fourth-order valence-electron chi connectivity index (χ4n) is 2.21. The van der Waals surface area contributed by atoms with Gasteiger partial charge in [-0.15, -0.1) is 0 Å². The molecule has 102 valence electrons. The van der Waals surface area contributed by atoms with Crippen molar-refractivity contribution >= 4 is 11.8 Å². The van der Waals surface area contributed by atoms with E-state index >= 15 is 0 Å². The quantitative estimate of drug-likeness (QED) is 0.850. The predicted octanol–water partition coefficient (Wildman–Crippen LogP) is 0.625. The number of benzene rings is 1. The minimum Gasteiger partial charge on any atom is -0.508 e. The molecule has 0 radical (unpaired) electrons. The van der Waals surface area contributed by atoms with Crippen molar-refractivity contribution < 1.29 is 14.7 Å². The third-order valence-electron chi connectivity index (χ3n) is 3.41. The van der Waals surface area contributed by atoms with Crippen molar-refractivity contribution in [2.75, 3.05) is 26.2 Å². The van der Waals surface area contributed by atoms with Gasteiger partial charge in [0.05, 0.1) is 6.42 Å². The van der Waals surface area contributed by atoms with Gasteiger partial charge in [0.25, 0.3) is 0 Å². The van der Waals surface area contributed by atoms with E-state index in [1.165, 1.54) is 0 Å². The van der Waals surface area contributed by atoms with Crippen molar-refractivity contribution in [3.8, 4) is 5.75 Å². The molecule has 1 N–H and O–H groups in total. The van der Waals surface area contributed by atoms with Crippen LogP contribution in [0.3, 0.4) is 0 Å². The van der Waals surface area contributed by atoms with Gasteiger partial charge in [-0.3, -0.25) is 9.59 Å². The van der Waals surface area contributed by atoms with Gasteiger partial charge < -0.3 is 14.9 Å². The molecule has 2 amide bonds. The summed E-state index contributed by atoms with van der Waals surface area (Å²) in [4.78, 5) is 26.8. The Morgan fingerprint density at radius 2 is 1.68 bits per heavy atom. The SMILES string of the molecule is CC(=O)N1CCN(C(=O)Cc2ccccc2O)CC1. The second kappa shape index (κ2) is 5.73. The number of amides is 2. The van der Waals surface area contributed by atoms with E-state index in [4.69, 9.17) is 0 Å². The molecule has 5 heteroatoms. The highest BCUT2D eigenvalue weighted by Crippen LogP contribution is 2.17. The molecular formula is C14H18N2O3. The van der Waals surface area contributed by atoms with E-state index in [2.05, 4.69) is 0 Å². The number of carbonyl (C=O) groups is 2.